The van der Waals surface area contributed by atoms with Crippen LogP contribution in [0.2, 0.25) is 0 Å². The molecule has 1 aromatic rings. The van der Waals surface area contributed by atoms with Gasteiger partial charge in [0.05, 0.1) is 6.54 Å². The number of carbonyl (C=O) groups excluding carboxylic acids is 2. The molecule has 0 heterocycles. The number of likely N-dealkylation sites (N-methyl/N-ethyl adjacent to an activating group) is 1. The number of hydrogen-bond donors (Lipinski definition) is 1. The lowest BCUT2D eigenvalue weighted by Crippen LogP contribution is -2.42. The first-order valence-corrected chi connectivity index (χ1v) is 7.03. The normalized spacial score (nSPS) is 10.4. The third kappa shape index (κ3) is 5.85. The van der Waals surface area contributed by atoms with Gasteiger partial charge in [-0.05, 0) is 44.9 Å². The number of nitrogens with zero attached hydrogens (tertiary/aromatic N) is 1. The molecule has 5 nitrogen and oxygen atoms in total. The maximum atomic E-state index is 12.0. The molecule has 21 heavy (non-hydrogen) atoms. The fourth-order valence-corrected chi connectivity index (χ4v) is 1.78. The van der Waals surface area contributed by atoms with Crippen LogP contribution in [-0.2, 0) is 9.59 Å². The van der Waals surface area contributed by atoms with Crippen LogP contribution in [0.4, 0.5) is 0 Å². The Bertz CT molecular complexity index is 512. The SMILES string of the molecule is Cc1ccc(C)c(OCC(=O)N(C)CC(=O)NC(C)C)c1. The van der Waals surface area contributed by atoms with Gasteiger partial charge in [0.25, 0.3) is 5.91 Å². The van der Waals surface area contributed by atoms with Gasteiger partial charge in [0.15, 0.2) is 6.61 Å². The summed E-state index contributed by atoms with van der Waals surface area (Å²) in [6, 6.07) is 5.90. The minimum atomic E-state index is -0.227. The summed E-state index contributed by atoms with van der Waals surface area (Å²) in [5.74, 6) is 0.297. The van der Waals surface area contributed by atoms with Crippen molar-refractivity contribution in [1.82, 2.24) is 10.2 Å². The van der Waals surface area contributed by atoms with E-state index in [4.69, 9.17) is 4.74 Å². The van der Waals surface area contributed by atoms with Crippen molar-refractivity contribution in [2.24, 2.45) is 0 Å². The molecule has 0 unspecified atom stereocenters. The van der Waals surface area contributed by atoms with E-state index in [9.17, 15) is 9.59 Å². The summed E-state index contributed by atoms with van der Waals surface area (Å²) in [6.45, 7) is 7.62. The van der Waals surface area contributed by atoms with E-state index >= 15 is 0 Å². The molecule has 0 aliphatic heterocycles. The van der Waals surface area contributed by atoms with E-state index in [1.807, 2.05) is 45.9 Å². The zero-order chi connectivity index (χ0) is 16.0. The Kier molecular flexibility index (Phi) is 6.21. The lowest BCUT2D eigenvalue weighted by molar-refractivity contribution is -0.136. The maximum Gasteiger partial charge on any atom is 0.260 e. The fourth-order valence-electron chi connectivity index (χ4n) is 1.78. The molecule has 0 saturated carbocycles. The predicted octanol–water partition coefficient (Wildman–Crippen LogP) is 1.67. The van der Waals surface area contributed by atoms with Crippen molar-refractivity contribution < 1.29 is 14.3 Å². The Morgan fingerprint density at radius 3 is 2.57 bits per heavy atom. The molecule has 0 fully saturated rings. The molecule has 0 aromatic heterocycles. The number of carbonyl (C=O) groups is 2. The molecule has 1 aromatic carbocycles. The Labute approximate surface area is 126 Å². The van der Waals surface area contributed by atoms with Gasteiger partial charge in [0, 0.05) is 13.1 Å². The van der Waals surface area contributed by atoms with E-state index in [0.29, 0.717) is 5.75 Å². The second kappa shape index (κ2) is 7.67. The molecule has 1 rings (SSSR count). The highest BCUT2D eigenvalue weighted by Crippen LogP contribution is 2.18. The second-order valence-corrected chi connectivity index (χ2v) is 5.53. The van der Waals surface area contributed by atoms with E-state index in [1.54, 1.807) is 7.05 Å². The number of rotatable bonds is 6. The Hall–Kier alpha value is -2.04. The first-order valence-electron chi connectivity index (χ1n) is 7.03. The average molecular weight is 292 g/mol. The van der Waals surface area contributed by atoms with Crippen molar-refractivity contribution in [1.29, 1.82) is 0 Å². The van der Waals surface area contributed by atoms with Crippen LogP contribution in [0.25, 0.3) is 0 Å². The molecule has 116 valence electrons. The predicted molar refractivity (Wildman–Crippen MR) is 82.3 cm³/mol. The quantitative estimate of drug-likeness (QED) is 0.867. The Balaban J connectivity index is 2.49. The van der Waals surface area contributed by atoms with Crippen molar-refractivity contribution >= 4 is 11.8 Å². The van der Waals surface area contributed by atoms with Crippen molar-refractivity contribution in [2.45, 2.75) is 33.7 Å². The summed E-state index contributed by atoms with van der Waals surface area (Å²) < 4.78 is 5.54. The van der Waals surface area contributed by atoms with Crippen molar-refractivity contribution in [3.05, 3.63) is 29.3 Å². The highest BCUT2D eigenvalue weighted by Gasteiger charge is 2.14. The smallest absolute Gasteiger partial charge is 0.260 e. The van der Waals surface area contributed by atoms with Crippen molar-refractivity contribution in [3.8, 4) is 5.75 Å². The van der Waals surface area contributed by atoms with Crippen LogP contribution in [0, 0.1) is 13.8 Å². The molecule has 0 radical (unpaired) electrons. The summed E-state index contributed by atoms with van der Waals surface area (Å²) in [5, 5.41) is 2.75. The maximum absolute atomic E-state index is 12.0. The minimum Gasteiger partial charge on any atom is -0.483 e. The summed E-state index contributed by atoms with van der Waals surface area (Å²) in [4.78, 5) is 24.9. The van der Waals surface area contributed by atoms with E-state index in [1.165, 1.54) is 4.90 Å². The summed E-state index contributed by atoms with van der Waals surface area (Å²) in [7, 11) is 1.59. The van der Waals surface area contributed by atoms with Crippen LogP contribution in [-0.4, -0.2) is 43.0 Å². The number of amides is 2. The fraction of sp³-hybridized carbons (Fsp3) is 0.500. The van der Waals surface area contributed by atoms with E-state index in [-0.39, 0.29) is 31.0 Å². The number of benzene rings is 1. The summed E-state index contributed by atoms with van der Waals surface area (Å²) in [5.41, 5.74) is 2.06. The van der Waals surface area contributed by atoms with Gasteiger partial charge in [-0.25, -0.2) is 0 Å². The van der Waals surface area contributed by atoms with Crippen LogP contribution in [0.3, 0.4) is 0 Å². The molecule has 0 saturated heterocycles. The lowest BCUT2D eigenvalue weighted by Gasteiger charge is -2.18. The van der Waals surface area contributed by atoms with E-state index in [2.05, 4.69) is 5.32 Å². The Morgan fingerprint density at radius 2 is 1.95 bits per heavy atom. The minimum absolute atomic E-state index is 0.0349. The first-order chi connectivity index (χ1) is 9.79. The molecule has 0 aliphatic rings. The van der Waals surface area contributed by atoms with Gasteiger partial charge in [0.1, 0.15) is 5.75 Å². The zero-order valence-electron chi connectivity index (χ0n) is 13.4. The van der Waals surface area contributed by atoms with Crippen LogP contribution in [0.5, 0.6) is 5.75 Å². The topological polar surface area (TPSA) is 58.6 Å². The monoisotopic (exact) mass is 292 g/mol. The van der Waals surface area contributed by atoms with Gasteiger partial charge >= 0.3 is 0 Å². The van der Waals surface area contributed by atoms with Crippen molar-refractivity contribution in [3.63, 3.8) is 0 Å². The van der Waals surface area contributed by atoms with Crippen LogP contribution >= 0.6 is 0 Å². The van der Waals surface area contributed by atoms with Gasteiger partial charge in [-0.1, -0.05) is 12.1 Å². The highest BCUT2D eigenvalue weighted by molar-refractivity contribution is 5.85. The highest BCUT2D eigenvalue weighted by atomic mass is 16.5. The summed E-state index contributed by atoms with van der Waals surface area (Å²) >= 11 is 0. The van der Waals surface area contributed by atoms with E-state index < -0.39 is 0 Å². The largest absolute Gasteiger partial charge is 0.483 e. The number of hydrogen-bond acceptors (Lipinski definition) is 3. The zero-order valence-corrected chi connectivity index (χ0v) is 13.4. The molecule has 0 bridgehead atoms. The molecular weight excluding hydrogens is 268 g/mol. The average Bonchev–Trinajstić information content (AvgIpc) is 2.38. The number of aryl methyl sites for hydroxylation is 2. The molecule has 0 aliphatic carbocycles. The van der Waals surface area contributed by atoms with Crippen molar-refractivity contribution in [2.75, 3.05) is 20.2 Å². The van der Waals surface area contributed by atoms with Crippen LogP contribution in [0.1, 0.15) is 25.0 Å². The number of nitrogens with one attached hydrogen (secondary N) is 1. The Morgan fingerprint density at radius 1 is 1.29 bits per heavy atom. The molecular formula is C16H24N2O3. The van der Waals surface area contributed by atoms with Gasteiger partial charge in [-0.3, -0.25) is 9.59 Å². The molecule has 0 spiro atoms. The standard InChI is InChI=1S/C16H24N2O3/c1-11(2)17-15(19)9-18(5)16(20)10-21-14-8-12(3)6-7-13(14)4/h6-8,11H,9-10H2,1-5H3,(H,17,19). The summed E-state index contributed by atoms with van der Waals surface area (Å²) in [6.07, 6.45) is 0. The molecule has 1 N–H and O–H groups in total. The van der Waals surface area contributed by atoms with Crippen LogP contribution < -0.4 is 10.1 Å². The van der Waals surface area contributed by atoms with E-state index in [0.717, 1.165) is 11.1 Å². The molecule has 5 heteroatoms. The first kappa shape index (κ1) is 17.0. The van der Waals surface area contributed by atoms with Gasteiger partial charge in [0.2, 0.25) is 5.91 Å². The second-order valence-electron chi connectivity index (χ2n) is 5.53. The lowest BCUT2D eigenvalue weighted by atomic mass is 10.1. The van der Waals surface area contributed by atoms with Gasteiger partial charge < -0.3 is 15.0 Å². The molecule has 2 amide bonds. The van der Waals surface area contributed by atoms with Crippen LogP contribution in [0.15, 0.2) is 18.2 Å². The third-order valence-electron chi connectivity index (χ3n) is 2.95. The molecule has 0 atom stereocenters. The van der Waals surface area contributed by atoms with Gasteiger partial charge in [-0.2, -0.15) is 0 Å². The number of ether oxygens (including phenoxy) is 1. The third-order valence-corrected chi connectivity index (χ3v) is 2.95. The van der Waals surface area contributed by atoms with Gasteiger partial charge in [-0.15, -0.1) is 0 Å².